The van der Waals surface area contributed by atoms with Gasteiger partial charge in [-0.2, -0.15) is 5.26 Å². The SMILES string of the molecule is COc1ccc(N2C(=O)C(=O)/C(=C(\O)c3ccc(C)cc3)C23C(c2ccc(C)cc2)=NC(C)=C3C#N)cc1. The molecule has 1 atom stereocenters. The number of nitriles is 1. The van der Waals surface area contributed by atoms with E-state index in [1.165, 1.54) is 12.0 Å². The molecular weight excluding hydrogens is 478 g/mol. The summed E-state index contributed by atoms with van der Waals surface area (Å²) in [5.41, 5.74) is 2.11. The molecule has 3 aromatic carbocycles. The number of methoxy groups -OCH3 is 1. The van der Waals surface area contributed by atoms with E-state index in [0.29, 0.717) is 34.0 Å². The van der Waals surface area contributed by atoms with Gasteiger partial charge in [0, 0.05) is 11.3 Å². The molecule has 7 nitrogen and oxygen atoms in total. The average molecular weight is 504 g/mol. The molecule has 3 aromatic rings. The first kappa shape index (κ1) is 24.7. The third-order valence-electron chi connectivity index (χ3n) is 7.00. The zero-order chi connectivity index (χ0) is 27.2. The fourth-order valence-corrected chi connectivity index (χ4v) is 5.11. The van der Waals surface area contributed by atoms with Crippen LogP contribution in [0.2, 0.25) is 0 Å². The minimum Gasteiger partial charge on any atom is -0.507 e. The largest absolute Gasteiger partial charge is 0.507 e. The number of nitrogens with zero attached hydrogens (tertiary/aromatic N) is 3. The lowest BCUT2D eigenvalue weighted by Crippen LogP contribution is -2.53. The fraction of sp³-hybridized carbons (Fsp3) is 0.161. The van der Waals surface area contributed by atoms with Crippen LogP contribution in [-0.4, -0.2) is 35.2 Å². The first-order chi connectivity index (χ1) is 18.2. The highest BCUT2D eigenvalue weighted by atomic mass is 16.5. The van der Waals surface area contributed by atoms with Crippen LogP contribution in [0.4, 0.5) is 5.69 Å². The number of ketones is 1. The van der Waals surface area contributed by atoms with E-state index < -0.39 is 17.2 Å². The predicted molar refractivity (Wildman–Crippen MR) is 145 cm³/mol. The number of aryl methyl sites for hydroxylation is 2. The van der Waals surface area contributed by atoms with E-state index in [0.717, 1.165) is 11.1 Å². The molecule has 0 aliphatic carbocycles. The highest BCUT2D eigenvalue weighted by molar-refractivity contribution is 6.56. The first-order valence-corrected chi connectivity index (χ1v) is 12.0. The Labute approximate surface area is 220 Å². The van der Waals surface area contributed by atoms with Gasteiger partial charge in [-0.3, -0.25) is 19.5 Å². The van der Waals surface area contributed by atoms with E-state index in [1.54, 1.807) is 55.5 Å². The molecule has 2 aliphatic rings. The number of aliphatic hydroxyl groups excluding tert-OH is 1. The standard InChI is InChI=1S/C31H25N3O4/c1-18-5-9-21(10-6-18)27(35)26-28(36)30(37)34(23-13-15-24(38-4)16-14-23)31(26)25(17-32)20(3)33-29(31)22-11-7-19(2)8-12-22/h5-16,35H,1-4H3/b27-26+. The summed E-state index contributed by atoms with van der Waals surface area (Å²) < 4.78 is 5.28. The topological polar surface area (TPSA) is 103 Å². The molecule has 38 heavy (non-hydrogen) atoms. The molecule has 1 spiro atoms. The van der Waals surface area contributed by atoms with Crippen molar-refractivity contribution in [3.8, 4) is 11.8 Å². The molecule has 5 rings (SSSR count). The summed E-state index contributed by atoms with van der Waals surface area (Å²) in [5, 5.41) is 22.1. The van der Waals surface area contributed by atoms with Crippen molar-refractivity contribution in [1.29, 1.82) is 5.26 Å². The van der Waals surface area contributed by atoms with Gasteiger partial charge in [-0.25, -0.2) is 0 Å². The van der Waals surface area contributed by atoms with Crippen LogP contribution in [0.5, 0.6) is 5.75 Å². The maximum absolute atomic E-state index is 13.8. The summed E-state index contributed by atoms with van der Waals surface area (Å²) in [5.74, 6) is -1.58. The molecule has 1 fully saturated rings. The third kappa shape index (κ3) is 3.53. The number of rotatable bonds is 4. The third-order valence-corrected chi connectivity index (χ3v) is 7.00. The maximum Gasteiger partial charge on any atom is 0.300 e. The van der Waals surface area contributed by atoms with Gasteiger partial charge in [-0.15, -0.1) is 0 Å². The number of amides is 1. The van der Waals surface area contributed by atoms with E-state index in [9.17, 15) is 20.0 Å². The van der Waals surface area contributed by atoms with Crippen molar-refractivity contribution in [3.63, 3.8) is 0 Å². The van der Waals surface area contributed by atoms with E-state index >= 15 is 0 Å². The maximum atomic E-state index is 13.8. The second-order valence-electron chi connectivity index (χ2n) is 9.37. The van der Waals surface area contributed by atoms with Crippen LogP contribution in [0, 0.1) is 25.2 Å². The van der Waals surface area contributed by atoms with E-state index in [-0.39, 0.29) is 16.9 Å². The molecule has 1 N–H and O–H groups in total. The number of carbonyl (C=O) groups excluding carboxylic acids is 2. The van der Waals surface area contributed by atoms with Gasteiger partial charge in [-0.1, -0.05) is 59.7 Å². The van der Waals surface area contributed by atoms with Gasteiger partial charge in [0.1, 0.15) is 11.5 Å². The highest BCUT2D eigenvalue weighted by Crippen LogP contribution is 2.51. The van der Waals surface area contributed by atoms with Crippen LogP contribution in [0.25, 0.3) is 5.76 Å². The zero-order valence-electron chi connectivity index (χ0n) is 21.4. The zero-order valence-corrected chi connectivity index (χ0v) is 21.4. The van der Waals surface area contributed by atoms with E-state index in [2.05, 4.69) is 6.07 Å². The van der Waals surface area contributed by atoms with Crippen molar-refractivity contribution < 1.29 is 19.4 Å². The number of hydrogen-bond donors (Lipinski definition) is 1. The van der Waals surface area contributed by atoms with Gasteiger partial charge in [0.15, 0.2) is 5.54 Å². The van der Waals surface area contributed by atoms with Crippen molar-refractivity contribution in [2.45, 2.75) is 26.3 Å². The lowest BCUT2D eigenvalue weighted by Gasteiger charge is -2.37. The molecule has 0 bridgehead atoms. The van der Waals surface area contributed by atoms with Crippen molar-refractivity contribution in [2.24, 2.45) is 4.99 Å². The van der Waals surface area contributed by atoms with Gasteiger partial charge >= 0.3 is 5.91 Å². The molecule has 0 aromatic heterocycles. The fourth-order valence-electron chi connectivity index (χ4n) is 5.11. The minimum atomic E-state index is -1.77. The number of aliphatic hydroxyl groups is 1. The van der Waals surface area contributed by atoms with Gasteiger partial charge in [-0.05, 0) is 50.6 Å². The number of hydrogen-bond acceptors (Lipinski definition) is 6. The molecule has 188 valence electrons. The Balaban J connectivity index is 1.90. The number of benzene rings is 3. The van der Waals surface area contributed by atoms with E-state index in [1.807, 2.05) is 38.1 Å². The number of aliphatic imine (C=N–C) groups is 1. The number of ether oxygens (including phenoxy) is 1. The number of carbonyl (C=O) groups is 2. The second-order valence-corrected chi connectivity index (χ2v) is 9.37. The smallest absolute Gasteiger partial charge is 0.300 e. The van der Waals surface area contributed by atoms with Crippen LogP contribution < -0.4 is 9.64 Å². The highest BCUT2D eigenvalue weighted by Gasteiger charge is 2.65. The summed E-state index contributed by atoms with van der Waals surface area (Å²) in [4.78, 5) is 33.7. The van der Waals surface area contributed by atoms with Crippen molar-refractivity contribution >= 4 is 28.8 Å². The van der Waals surface area contributed by atoms with Crippen LogP contribution in [0.1, 0.15) is 29.2 Å². The Bertz CT molecular complexity index is 1610. The summed E-state index contributed by atoms with van der Waals surface area (Å²) in [6.45, 7) is 5.52. The summed E-state index contributed by atoms with van der Waals surface area (Å²) in [7, 11) is 1.53. The Hall–Kier alpha value is -4.96. The molecule has 1 unspecified atom stereocenters. The van der Waals surface area contributed by atoms with Crippen molar-refractivity contribution in [1.82, 2.24) is 0 Å². The summed E-state index contributed by atoms with van der Waals surface area (Å²) in [6.07, 6.45) is 0. The number of allylic oxidation sites excluding steroid dienone is 1. The van der Waals surface area contributed by atoms with Gasteiger partial charge in [0.2, 0.25) is 0 Å². The monoisotopic (exact) mass is 503 g/mol. The summed E-state index contributed by atoms with van der Waals surface area (Å²) in [6, 6.07) is 23.3. The minimum absolute atomic E-state index is 0.0942. The van der Waals surface area contributed by atoms with Gasteiger partial charge < -0.3 is 9.84 Å². The molecule has 2 aliphatic heterocycles. The average Bonchev–Trinajstić information content (AvgIpc) is 3.33. The Morgan fingerprint density at radius 2 is 1.50 bits per heavy atom. The van der Waals surface area contributed by atoms with Gasteiger partial charge in [0.25, 0.3) is 5.78 Å². The quantitative estimate of drug-likeness (QED) is 0.298. The molecule has 0 saturated carbocycles. The molecule has 1 amide bonds. The number of Topliss-reactive ketones (excluding diaryl/α,β-unsaturated/α-hetero) is 1. The van der Waals surface area contributed by atoms with Crippen LogP contribution >= 0.6 is 0 Å². The number of anilines is 1. The van der Waals surface area contributed by atoms with Crippen LogP contribution in [0.15, 0.2) is 94.6 Å². The predicted octanol–water partition coefficient (Wildman–Crippen LogP) is 5.24. The lowest BCUT2D eigenvalue weighted by atomic mass is 9.75. The van der Waals surface area contributed by atoms with Gasteiger partial charge in [0.05, 0.1) is 35.7 Å². The van der Waals surface area contributed by atoms with Crippen LogP contribution in [0.3, 0.4) is 0 Å². The Morgan fingerprint density at radius 1 is 0.921 bits per heavy atom. The molecule has 7 heteroatoms. The molecule has 0 radical (unpaired) electrons. The van der Waals surface area contributed by atoms with E-state index in [4.69, 9.17) is 9.73 Å². The van der Waals surface area contributed by atoms with Crippen LogP contribution in [-0.2, 0) is 9.59 Å². The first-order valence-electron chi connectivity index (χ1n) is 12.0. The normalized spacial score (nSPS) is 20.2. The molecular formula is C31H25N3O4. The second kappa shape index (κ2) is 9.16. The van der Waals surface area contributed by atoms with Crippen molar-refractivity contribution in [2.75, 3.05) is 12.0 Å². The van der Waals surface area contributed by atoms with Crippen molar-refractivity contribution in [3.05, 3.63) is 112 Å². The lowest BCUT2D eigenvalue weighted by molar-refractivity contribution is -0.132. The Kier molecular flexibility index (Phi) is 5.96. The molecule has 1 saturated heterocycles. The summed E-state index contributed by atoms with van der Waals surface area (Å²) >= 11 is 0. The molecule has 2 heterocycles. The Morgan fingerprint density at radius 3 is 2.05 bits per heavy atom.